The molecule has 0 aliphatic heterocycles. The fourth-order valence-corrected chi connectivity index (χ4v) is 3.69. The van der Waals surface area contributed by atoms with Crippen molar-refractivity contribution in [1.82, 2.24) is 4.98 Å². The standard InChI is InChI=1S/C18H28ClNO/c1-12(2)16-7-14(11-19)8-17(20-16)21-15-6-13(3)9-18(4,5)10-15/h7-8,12-13,15H,6,9-11H2,1-5H3. The molecule has 1 fully saturated rings. The van der Waals surface area contributed by atoms with Gasteiger partial charge in [-0.25, -0.2) is 4.98 Å². The van der Waals surface area contributed by atoms with Gasteiger partial charge < -0.3 is 4.74 Å². The lowest BCUT2D eigenvalue weighted by Crippen LogP contribution is -2.34. The van der Waals surface area contributed by atoms with Crippen molar-refractivity contribution < 1.29 is 4.74 Å². The van der Waals surface area contributed by atoms with Crippen LogP contribution in [0.5, 0.6) is 5.88 Å². The number of halogens is 1. The lowest BCUT2D eigenvalue weighted by molar-refractivity contribution is 0.0530. The minimum absolute atomic E-state index is 0.266. The first-order valence-electron chi connectivity index (χ1n) is 8.02. The second-order valence-corrected chi connectivity index (χ2v) is 7.95. The Morgan fingerprint density at radius 2 is 2.05 bits per heavy atom. The van der Waals surface area contributed by atoms with Gasteiger partial charge in [0.25, 0.3) is 0 Å². The van der Waals surface area contributed by atoms with Crippen molar-refractivity contribution in [2.45, 2.75) is 71.8 Å². The van der Waals surface area contributed by atoms with Crippen LogP contribution in [0, 0.1) is 11.3 Å². The fourth-order valence-electron chi connectivity index (χ4n) is 3.53. The highest BCUT2D eigenvalue weighted by Gasteiger charge is 2.33. The zero-order valence-corrected chi connectivity index (χ0v) is 14.7. The van der Waals surface area contributed by atoms with Crippen molar-refractivity contribution in [3.8, 4) is 5.88 Å². The Bertz CT molecular complexity index is 484. The minimum Gasteiger partial charge on any atom is -0.474 e. The van der Waals surface area contributed by atoms with E-state index in [1.807, 2.05) is 6.07 Å². The van der Waals surface area contributed by atoms with Gasteiger partial charge in [-0.05, 0) is 48.1 Å². The molecule has 0 spiro atoms. The molecule has 0 radical (unpaired) electrons. The molecule has 1 aliphatic carbocycles. The summed E-state index contributed by atoms with van der Waals surface area (Å²) in [5.74, 6) is 2.34. The first kappa shape index (κ1) is 16.6. The zero-order chi connectivity index (χ0) is 15.6. The van der Waals surface area contributed by atoms with Crippen molar-refractivity contribution in [3.05, 3.63) is 23.4 Å². The van der Waals surface area contributed by atoms with Crippen LogP contribution in [0.3, 0.4) is 0 Å². The van der Waals surface area contributed by atoms with Crippen LogP contribution in [-0.4, -0.2) is 11.1 Å². The fraction of sp³-hybridized carbons (Fsp3) is 0.722. The Balaban J connectivity index is 2.16. The van der Waals surface area contributed by atoms with Gasteiger partial charge >= 0.3 is 0 Å². The van der Waals surface area contributed by atoms with E-state index in [-0.39, 0.29) is 6.10 Å². The van der Waals surface area contributed by atoms with Gasteiger partial charge in [-0.15, -0.1) is 11.6 Å². The summed E-state index contributed by atoms with van der Waals surface area (Å²) in [5.41, 5.74) is 2.51. The van der Waals surface area contributed by atoms with Crippen molar-refractivity contribution in [1.29, 1.82) is 0 Å². The van der Waals surface area contributed by atoms with E-state index in [9.17, 15) is 0 Å². The Kier molecular flexibility index (Phi) is 5.19. The van der Waals surface area contributed by atoms with Gasteiger partial charge in [0.2, 0.25) is 5.88 Å². The molecule has 0 aromatic carbocycles. The normalized spacial score (nSPS) is 25.1. The molecule has 1 saturated carbocycles. The van der Waals surface area contributed by atoms with Crippen LogP contribution in [0.25, 0.3) is 0 Å². The number of rotatable bonds is 4. The monoisotopic (exact) mass is 309 g/mol. The Hall–Kier alpha value is -0.760. The maximum atomic E-state index is 6.22. The average Bonchev–Trinajstić information content (AvgIpc) is 2.35. The number of pyridine rings is 1. The first-order valence-corrected chi connectivity index (χ1v) is 8.56. The van der Waals surface area contributed by atoms with E-state index < -0.39 is 0 Å². The lowest BCUT2D eigenvalue weighted by Gasteiger charge is -2.38. The van der Waals surface area contributed by atoms with Gasteiger partial charge in [0.05, 0.1) is 0 Å². The van der Waals surface area contributed by atoms with E-state index in [0.29, 0.717) is 23.1 Å². The quantitative estimate of drug-likeness (QED) is 0.681. The molecule has 21 heavy (non-hydrogen) atoms. The van der Waals surface area contributed by atoms with Crippen LogP contribution in [0.4, 0.5) is 0 Å². The molecule has 0 N–H and O–H groups in total. The van der Waals surface area contributed by atoms with E-state index in [2.05, 4.69) is 45.7 Å². The summed E-state index contributed by atoms with van der Waals surface area (Å²) in [4.78, 5) is 4.67. The van der Waals surface area contributed by atoms with Crippen molar-refractivity contribution in [3.63, 3.8) is 0 Å². The molecule has 2 rings (SSSR count). The highest BCUT2D eigenvalue weighted by molar-refractivity contribution is 6.17. The van der Waals surface area contributed by atoms with Crippen LogP contribution in [0.1, 0.15) is 71.1 Å². The smallest absolute Gasteiger partial charge is 0.214 e. The molecule has 118 valence electrons. The van der Waals surface area contributed by atoms with Crippen LogP contribution < -0.4 is 4.74 Å². The van der Waals surface area contributed by atoms with Crippen molar-refractivity contribution in [2.24, 2.45) is 11.3 Å². The third-order valence-corrected chi connectivity index (χ3v) is 4.57. The molecular weight excluding hydrogens is 282 g/mol. The number of alkyl halides is 1. The predicted octanol–water partition coefficient (Wildman–Crippen LogP) is 5.54. The molecule has 0 saturated heterocycles. The summed E-state index contributed by atoms with van der Waals surface area (Å²) >= 11 is 6.00. The summed E-state index contributed by atoms with van der Waals surface area (Å²) in [6.45, 7) is 11.3. The van der Waals surface area contributed by atoms with Gasteiger partial charge in [0.1, 0.15) is 6.10 Å². The molecule has 1 aliphatic rings. The Morgan fingerprint density at radius 1 is 1.33 bits per heavy atom. The van der Waals surface area contributed by atoms with Crippen LogP contribution in [0.2, 0.25) is 0 Å². The molecule has 0 amide bonds. The number of hydrogen-bond donors (Lipinski definition) is 0. The summed E-state index contributed by atoms with van der Waals surface area (Å²) in [5, 5.41) is 0. The molecule has 0 bridgehead atoms. The number of ether oxygens (including phenoxy) is 1. The van der Waals surface area contributed by atoms with Crippen LogP contribution >= 0.6 is 11.6 Å². The van der Waals surface area contributed by atoms with Gasteiger partial charge in [-0.2, -0.15) is 0 Å². The number of aromatic nitrogens is 1. The first-order chi connectivity index (χ1) is 9.79. The Morgan fingerprint density at radius 3 is 2.62 bits per heavy atom. The molecule has 2 unspecified atom stereocenters. The van der Waals surface area contributed by atoms with Gasteiger partial charge in [-0.1, -0.05) is 34.6 Å². The molecule has 2 nitrogen and oxygen atoms in total. The van der Waals surface area contributed by atoms with Crippen molar-refractivity contribution in [2.75, 3.05) is 0 Å². The van der Waals surface area contributed by atoms with Gasteiger partial charge in [-0.3, -0.25) is 0 Å². The SMILES string of the molecule is CC1CC(Oc2cc(CCl)cc(C(C)C)n2)CC(C)(C)C1. The highest BCUT2D eigenvalue weighted by Crippen LogP contribution is 2.40. The third-order valence-electron chi connectivity index (χ3n) is 4.26. The van der Waals surface area contributed by atoms with Gasteiger partial charge in [0, 0.05) is 17.6 Å². The lowest BCUT2D eigenvalue weighted by atomic mass is 9.71. The molecule has 2 atom stereocenters. The molecular formula is C18H28ClNO. The zero-order valence-electron chi connectivity index (χ0n) is 13.9. The molecule has 3 heteroatoms. The van der Waals surface area contributed by atoms with E-state index >= 15 is 0 Å². The second-order valence-electron chi connectivity index (χ2n) is 7.68. The summed E-state index contributed by atoms with van der Waals surface area (Å²) in [7, 11) is 0. The van der Waals surface area contributed by atoms with E-state index in [0.717, 1.165) is 30.0 Å². The van der Waals surface area contributed by atoms with E-state index in [1.54, 1.807) is 0 Å². The second kappa shape index (κ2) is 6.56. The van der Waals surface area contributed by atoms with Crippen molar-refractivity contribution >= 4 is 11.6 Å². The summed E-state index contributed by atoms with van der Waals surface area (Å²) in [6, 6.07) is 4.07. The summed E-state index contributed by atoms with van der Waals surface area (Å²) < 4.78 is 6.22. The largest absolute Gasteiger partial charge is 0.474 e. The van der Waals surface area contributed by atoms with E-state index in [1.165, 1.54) is 6.42 Å². The molecule has 1 aromatic rings. The maximum absolute atomic E-state index is 6.22. The highest BCUT2D eigenvalue weighted by atomic mass is 35.5. The third kappa shape index (κ3) is 4.60. The minimum atomic E-state index is 0.266. The maximum Gasteiger partial charge on any atom is 0.214 e. The topological polar surface area (TPSA) is 22.1 Å². The summed E-state index contributed by atoms with van der Waals surface area (Å²) in [6.07, 6.45) is 3.76. The Labute approximate surface area is 134 Å². The molecule has 1 heterocycles. The predicted molar refractivity (Wildman–Crippen MR) is 89.1 cm³/mol. The number of hydrogen-bond acceptors (Lipinski definition) is 2. The molecule has 1 aromatic heterocycles. The van der Waals surface area contributed by atoms with Crippen LogP contribution in [-0.2, 0) is 5.88 Å². The van der Waals surface area contributed by atoms with Gasteiger partial charge in [0.15, 0.2) is 0 Å². The van der Waals surface area contributed by atoms with E-state index in [4.69, 9.17) is 16.3 Å². The van der Waals surface area contributed by atoms with Crippen LogP contribution in [0.15, 0.2) is 12.1 Å². The number of nitrogens with zero attached hydrogens (tertiary/aromatic N) is 1. The average molecular weight is 310 g/mol.